The molecule has 6 rings (SSSR count). The van der Waals surface area contributed by atoms with E-state index < -0.39 is 0 Å². The zero-order valence-electron chi connectivity index (χ0n) is 23.1. The smallest absolute Gasteiger partial charge is 0.268 e. The lowest BCUT2D eigenvalue weighted by Crippen LogP contribution is -2.57. The summed E-state index contributed by atoms with van der Waals surface area (Å²) in [6.07, 6.45) is 9.44. The van der Waals surface area contributed by atoms with Gasteiger partial charge in [-0.25, -0.2) is 9.97 Å². The van der Waals surface area contributed by atoms with Gasteiger partial charge in [-0.3, -0.25) is 9.69 Å². The van der Waals surface area contributed by atoms with Gasteiger partial charge in [0.05, 0.1) is 17.4 Å². The number of nitrogens with one attached hydrogen (secondary N) is 2. The number of carbonyl (C=O) groups is 1. The molecular weight excluding hydrogens is 476 g/mol. The summed E-state index contributed by atoms with van der Waals surface area (Å²) in [5, 5.41) is 7.28. The predicted molar refractivity (Wildman–Crippen MR) is 151 cm³/mol. The van der Waals surface area contributed by atoms with Crippen molar-refractivity contribution in [3.05, 3.63) is 36.3 Å². The van der Waals surface area contributed by atoms with Crippen LogP contribution in [0.15, 0.2) is 30.6 Å². The van der Waals surface area contributed by atoms with E-state index in [1.165, 1.54) is 19.3 Å². The van der Waals surface area contributed by atoms with Crippen LogP contribution in [0.4, 0.5) is 17.5 Å². The molecule has 1 saturated heterocycles. The Morgan fingerprint density at radius 1 is 1.13 bits per heavy atom. The first-order valence-corrected chi connectivity index (χ1v) is 14.3. The second kappa shape index (κ2) is 9.84. The topological polar surface area (TPSA) is 91.2 Å². The van der Waals surface area contributed by atoms with Gasteiger partial charge in [0, 0.05) is 49.8 Å². The van der Waals surface area contributed by atoms with Crippen molar-refractivity contribution in [3.63, 3.8) is 0 Å². The van der Waals surface area contributed by atoms with E-state index in [0.29, 0.717) is 36.1 Å². The summed E-state index contributed by atoms with van der Waals surface area (Å²) in [6.45, 7) is 13.1. The number of anilines is 3. The Morgan fingerprint density at radius 3 is 2.58 bits per heavy atom. The number of aromatic nitrogens is 4. The summed E-state index contributed by atoms with van der Waals surface area (Å²) in [4.78, 5) is 31.8. The van der Waals surface area contributed by atoms with Crippen molar-refractivity contribution in [2.75, 3.05) is 36.4 Å². The van der Waals surface area contributed by atoms with Gasteiger partial charge in [-0.2, -0.15) is 4.98 Å². The van der Waals surface area contributed by atoms with E-state index in [-0.39, 0.29) is 11.4 Å². The highest BCUT2D eigenvalue weighted by Gasteiger charge is 2.42. The fraction of sp³-hybridized carbons (Fsp3) is 0.586. The lowest BCUT2D eigenvalue weighted by molar-refractivity contribution is 0.0876. The quantitative estimate of drug-likeness (QED) is 0.497. The second-order valence-corrected chi connectivity index (χ2v) is 11.8. The largest absolute Gasteiger partial charge is 0.367 e. The van der Waals surface area contributed by atoms with E-state index in [9.17, 15) is 4.79 Å². The average molecular weight is 517 g/mol. The number of nitrogens with zero attached hydrogens (tertiary/aromatic N) is 6. The van der Waals surface area contributed by atoms with E-state index in [2.05, 4.69) is 63.7 Å². The fourth-order valence-electron chi connectivity index (χ4n) is 6.72. The van der Waals surface area contributed by atoms with E-state index in [0.717, 1.165) is 55.1 Å². The van der Waals surface area contributed by atoms with Crippen molar-refractivity contribution in [2.45, 2.75) is 77.4 Å². The van der Waals surface area contributed by atoms with Crippen LogP contribution in [0.1, 0.15) is 70.3 Å². The maximum Gasteiger partial charge on any atom is 0.268 e. The Balaban J connectivity index is 1.19. The standard InChI is InChI=1S/C29H40N8O/c1-5-19(2)15-36-20(3)16-35(17-21(36)4)23-8-9-25(30-14-23)33-28-31-13-22-12-24-27(38)32-18-29(10-6-7-11-29)37(24)26(22)34-28/h8-9,12-14,19-21H,5-7,10-11,15-18H2,1-4H3,(H,32,38)(H,30,31,33,34)/t19?,20-,21+. The van der Waals surface area contributed by atoms with Gasteiger partial charge in [-0.15, -0.1) is 0 Å². The summed E-state index contributed by atoms with van der Waals surface area (Å²) in [5.74, 6) is 1.90. The van der Waals surface area contributed by atoms with Gasteiger partial charge in [0.15, 0.2) is 0 Å². The molecule has 2 aliphatic heterocycles. The second-order valence-electron chi connectivity index (χ2n) is 11.8. The SMILES string of the molecule is CCC(C)CN1[C@H](C)CN(c2ccc(Nc3ncc4cc5n(c4n3)C3(CCCC3)CNC5=O)nc2)C[C@@H]1C. The zero-order valence-corrected chi connectivity index (χ0v) is 23.1. The molecule has 1 saturated carbocycles. The third kappa shape index (κ3) is 4.40. The minimum atomic E-state index is -0.0800. The molecule has 38 heavy (non-hydrogen) atoms. The molecule has 0 bridgehead atoms. The summed E-state index contributed by atoms with van der Waals surface area (Å²) < 4.78 is 2.18. The van der Waals surface area contributed by atoms with Gasteiger partial charge >= 0.3 is 0 Å². The number of hydrogen-bond donors (Lipinski definition) is 2. The monoisotopic (exact) mass is 516 g/mol. The molecule has 1 amide bonds. The van der Waals surface area contributed by atoms with Gasteiger partial charge in [-0.1, -0.05) is 33.1 Å². The summed E-state index contributed by atoms with van der Waals surface area (Å²) in [7, 11) is 0. The van der Waals surface area contributed by atoms with Crippen LogP contribution in [0, 0.1) is 5.92 Å². The first-order valence-electron chi connectivity index (χ1n) is 14.3. The molecule has 1 aliphatic carbocycles. The Morgan fingerprint density at radius 2 is 1.89 bits per heavy atom. The Kier molecular flexibility index (Phi) is 6.50. The number of amides is 1. The molecule has 0 aromatic carbocycles. The highest BCUT2D eigenvalue weighted by atomic mass is 16.2. The zero-order chi connectivity index (χ0) is 26.4. The molecule has 9 heteroatoms. The number of piperazine rings is 1. The molecule has 202 valence electrons. The molecular formula is C29H40N8O. The van der Waals surface area contributed by atoms with Crippen LogP contribution in [0.25, 0.3) is 11.0 Å². The number of hydrogen-bond acceptors (Lipinski definition) is 7. The average Bonchev–Trinajstić information content (AvgIpc) is 3.54. The van der Waals surface area contributed by atoms with Crippen molar-refractivity contribution in [1.29, 1.82) is 0 Å². The van der Waals surface area contributed by atoms with Crippen LogP contribution in [0.2, 0.25) is 0 Å². The van der Waals surface area contributed by atoms with E-state index in [1.807, 2.05) is 24.5 Å². The molecule has 3 aromatic heterocycles. The minimum absolute atomic E-state index is 0.0309. The van der Waals surface area contributed by atoms with Gasteiger partial charge in [-0.05, 0) is 50.8 Å². The van der Waals surface area contributed by atoms with Crippen molar-refractivity contribution in [3.8, 4) is 0 Å². The number of fused-ring (bicyclic) bond motifs is 4. The van der Waals surface area contributed by atoms with Crippen LogP contribution in [0.3, 0.4) is 0 Å². The molecule has 1 spiro atoms. The van der Waals surface area contributed by atoms with Crippen molar-refractivity contribution in [2.24, 2.45) is 5.92 Å². The lowest BCUT2D eigenvalue weighted by Gasteiger charge is -2.46. The molecule has 3 aromatic rings. The molecule has 3 aliphatic rings. The first-order chi connectivity index (χ1) is 18.4. The molecule has 3 atom stereocenters. The van der Waals surface area contributed by atoms with Crippen molar-refractivity contribution in [1.82, 2.24) is 29.7 Å². The van der Waals surface area contributed by atoms with Gasteiger partial charge in [0.25, 0.3) is 5.91 Å². The normalized spacial score (nSPS) is 24.0. The number of rotatable bonds is 6. The third-order valence-electron chi connectivity index (χ3n) is 9.03. The van der Waals surface area contributed by atoms with E-state index in [1.54, 1.807) is 0 Å². The minimum Gasteiger partial charge on any atom is -0.367 e. The number of pyridine rings is 1. The number of carbonyl (C=O) groups excluding carboxylic acids is 1. The van der Waals surface area contributed by atoms with Crippen molar-refractivity contribution >= 4 is 34.4 Å². The summed E-state index contributed by atoms with van der Waals surface area (Å²) in [6, 6.07) is 7.07. The van der Waals surface area contributed by atoms with Gasteiger partial charge in [0.1, 0.15) is 17.2 Å². The highest BCUT2D eigenvalue weighted by Crippen LogP contribution is 2.41. The van der Waals surface area contributed by atoms with E-state index >= 15 is 0 Å². The third-order valence-corrected chi connectivity index (χ3v) is 9.03. The molecule has 1 unspecified atom stereocenters. The van der Waals surface area contributed by atoms with Crippen LogP contribution >= 0.6 is 0 Å². The van der Waals surface area contributed by atoms with Gasteiger partial charge < -0.3 is 20.1 Å². The lowest BCUT2D eigenvalue weighted by atomic mass is 9.94. The first kappa shape index (κ1) is 25.1. The highest BCUT2D eigenvalue weighted by molar-refractivity contribution is 5.99. The van der Waals surface area contributed by atoms with Crippen LogP contribution in [-0.4, -0.2) is 68.6 Å². The molecule has 0 radical (unpaired) electrons. The maximum atomic E-state index is 12.6. The van der Waals surface area contributed by atoms with Crippen LogP contribution < -0.4 is 15.5 Å². The molecule has 2 fully saturated rings. The fourth-order valence-corrected chi connectivity index (χ4v) is 6.72. The van der Waals surface area contributed by atoms with Crippen LogP contribution in [0.5, 0.6) is 0 Å². The van der Waals surface area contributed by atoms with E-state index in [4.69, 9.17) is 9.97 Å². The molecule has 9 nitrogen and oxygen atoms in total. The summed E-state index contributed by atoms with van der Waals surface area (Å²) >= 11 is 0. The Bertz CT molecular complexity index is 1300. The van der Waals surface area contributed by atoms with Gasteiger partial charge in [0.2, 0.25) is 5.95 Å². The molecule has 2 N–H and O–H groups in total. The summed E-state index contributed by atoms with van der Waals surface area (Å²) in [5.41, 5.74) is 2.58. The Hall–Kier alpha value is -3.20. The Labute approximate surface area is 225 Å². The van der Waals surface area contributed by atoms with Crippen molar-refractivity contribution < 1.29 is 4.79 Å². The molecule has 5 heterocycles. The maximum absolute atomic E-state index is 12.6. The van der Waals surface area contributed by atoms with Crippen LogP contribution in [-0.2, 0) is 5.54 Å². The predicted octanol–water partition coefficient (Wildman–Crippen LogP) is 4.53.